The van der Waals surface area contributed by atoms with Gasteiger partial charge in [-0.2, -0.15) is 8.78 Å². The third-order valence-electron chi connectivity index (χ3n) is 5.35. The van der Waals surface area contributed by atoms with Crippen molar-refractivity contribution < 1.29 is 35.8 Å². The largest absolute Gasteiger partial charge is 0.377 e. The second-order valence-electron chi connectivity index (χ2n) is 7.79. The highest BCUT2D eigenvalue weighted by atomic mass is 19.3. The normalized spacial score (nSPS) is 13.2. The van der Waals surface area contributed by atoms with Crippen molar-refractivity contribution >= 4 is 0 Å². The Morgan fingerprint density at radius 1 is 0.919 bits per heavy atom. The topological polar surface area (TPSA) is 76.7 Å². The van der Waals surface area contributed by atoms with Crippen LogP contribution in [0.5, 0.6) is 0 Å². The lowest BCUT2D eigenvalue weighted by molar-refractivity contribution is -0.207. The first-order chi connectivity index (χ1) is 17.5. The maximum atomic E-state index is 15.7. The van der Waals surface area contributed by atoms with E-state index < -0.39 is 58.8 Å². The number of tetrazole rings is 1. The molecule has 37 heavy (non-hydrogen) atoms. The number of pyridine rings is 1. The van der Waals surface area contributed by atoms with Crippen LogP contribution in [0.15, 0.2) is 61.1 Å². The smallest absolute Gasteiger partial charge is 0.323 e. The van der Waals surface area contributed by atoms with Gasteiger partial charge in [-0.3, -0.25) is 4.98 Å². The zero-order valence-corrected chi connectivity index (χ0v) is 18.4. The van der Waals surface area contributed by atoms with Gasteiger partial charge in [0.2, 0.25) is 0 Å². The molecule has 0 amide bonds. The van der Waals surface area contributed by atoms with Gasteiger partial charge in [0.05, 0.1) is 12.1 Å². The highest BCUT2D eigenvalue weighted by molar-refractivity contribution is 5.44. The summed E-state index contributed by atoms with van der Waals surface area (Å²) in [5, 5.41) is 21.2. The summed E-state index contributed by atoms with van der Waals surface area (Å²) in [6, 6.07) is 6.54. The van der Waals surface area contributed by atoms with E-state index in [1.807, 2.05) is 0 Å². The third-order valence-corrected chi connectivity index (χ3v) is 5.35. The van der Waals surface area contributed by atoms with Gasteiger partial charge in [-0.25, -0.2) is 26.6 Å². The van der Waals surface area contributed by atoms with E-state index >= 15 is 8.78 Å². The van der Waals surface area contributed by atoms with Gasteiger partial charge < -0.3 is 5.11 Å². The molecular formula is C24H14F7N5O. The van der Waals surface area contributed by atoms with Crippen LogP contribution in [0.3, 0.4) is 0 Å². The minimum atomic E-state index is -4.25. The molecule has 0 bridgehead atoms. The summed E-state index contributed by atoms with van der Waals surface area (Å²) in [7, 11) is 0. The third kappa shape index (κ3) is 5.14. The molecule has 0 aliphatic heterocycles. The number of hydrogen-bond donors (Lipinski definition) is 1. The number of aromatic nitrogens is 5. The predicted molar refractivity (Wildman–Crippen MR) is 114 cm³/mol. The van der Waals surface area contributed by atoms with Crippen molar-refractivity contribution in [3.05, 3.63) is 106 Å². The molecule has 1 N–H and O–H groups in total. The van der Waals surface area contributed by atoms with E-state index in [4.69, 9.17) is 0 Å². The van der Waals surface area contributed by atoms with Gasteiger partial charge in [0.15, 0.2) is 5.60 Å². The van der Waals surface area contributed by atoms with Crippen LogP contribution in [0.4, 0.5) is 30.7 Å². The fourth-order valence-corrected chi connectivity index (χ4v) is 3.46. The number of alkyl halides is 4. The van der Waals surface area contributed by atoms with Crippen LogP contribution in [0.1, 0.15) is 34.4 Å². The van der Waals surface area contributed by atoms with Crippen molar-refractivity contribution in [2.75, 3.05) is 0 Å². The second kappa shape index (κ2) is 9.98. The zero-order chi connectivity index (χ0) is 26.8. The summed E-state index contributed by atoms with van der Waals surface area (Å²) in [5.41, 5.74) is -5.84. The van der Waals surface area contributed by atoms with E-state index in [2.05, 4.69) is 32.4 Å². The lowest BCUT2D eigenvalue weighted by atomic mass is 9.84. The van der Waals surface area contributed by atoms with E-state index in [-0.39, 0.29) is 11.1 Å². The minimum absolute atomic E-state index is 0.0545. The number of nitrogens with zero attached hydrogens (tertiary/aromatic N) is 5. The molecule has 0 radical (unpaired) electrons. The Labute approximate surface area is 204 Å². The highest BCUT2D eigenvalue weighted by Crippen LogP contribution is 2.46. The Morgan fingerprint density at radius 3 is 2.24 bits per heavy atom. The molecule has 0 aliphatic rings. The molecule has 0 fully saturated rings. The lowest BCUT2D eigenvalue weighted by Crippen LogP contribution is -2.48. The van der Waals surface area contributed by atoms with Crippen LogP contribution < -0.4 is 0 Å². The van der Waals surface area contributed by atoms with Crippen molar-refractivity contribution in [3.63, 3.8) is 0 Å². The van der Waals surface area contributed by atoms with Crippen molar-refractivity contribution in [2.24, 2.45) is 0 Å². The molecule has 0 saturated heterocycles. The predicted octanol–water partition coefficient (Wildman–Crippen LogP) is 4.50. The molecule has 13 heteroatoms. The first kappa shape index (κ1) is 25.8. The molecule has 4 aromatic rings. The Kier molecular flexibility index (Phi) is 6.95. The van der Waals surface area contributed by atoms with E-state index in [0.29, 0.717) is 18.2 Å². The Balaban J connectivity index is 1.67. The number of hydrogen-bond acceptors (Lipinski definition) is 5. The summed E-state index contributed by atoms with van der Waals surface area (Å²) in [5.74, 6) is -2.84. The van der Waals surface area contributed by atoms with Crippen molar-refractivity contribution in [1.82, 2.24) is 25.2 Å². The minimum Gasteiger partial charge on any atom is -0.377 e. The second-order valence-corrected chi connectivity index (χ2v) is 7.79. The summed E-state index contributed by atoms with van der Waals surface area (Å²) in [6.07, 6.45) is -1.15. The van der Waals surface area contributed by atoms with Crippen LogP contribution in [0.25, 0.3) is 0 Å². The fourth-order valence-electron chi connectivity index (χ4n) is 3.46. The van der Waals surface area contributed by atoms with Gasteiger partial charge in [-0.1, -0.05) is 11.8 Å². The Hall–Kier alpha value is -4.31. The first-order valence-corrected chi connectivity index (χ1v) is 10.3. The molecule has 0 saturated carbocycles. The molecule has 1 unspecified atom stereocenters. The standard InChI is InChI=1S/C24H14F7N5O/c25-16-5-7-18(20(27)10-16)23(37,12-36-13-33-34-35-36)24(30,31)21-8-4-15(11-32-21)2-1-14-3-6-17(22(28)29)19(26)9-14/h3-11,13,22,37H,12H2. The molecule has 1 atom stereocenters. The zero-order valence-electron chi connectivity index (χ0n) is 18.4. The van der Waals surface area contributed by atoms with Crippen LogP contribution in [-0.2, 0) is 18.1 Å². The average Bonchev–Trinajstić information content (AvgIpc) is 3.35. The van der Waals surface area contributed by atoms with Crippen molar-refractivity contribution in [1.29, 1.82) is 0 Å². The number of halogens is 7. The van der Waals surface area contributed by atoms with Crippen LogP contribution in [0, 0.1) is 29.3 Å². The number of rotatable bonds is 6. The number of benzene rings is 2. The molecule has 2 heterocycles. The van der Waals surface area contributed by atoms with Crippen molar-refractivity contribution in [2.45, 2.75) is 24.5 Å². The van der Waals surface area contributed by atoms with Gasteiger partial charge in [-0.05, 0) is 52.9 Å². The van der Waals surface area contributed by atoms with Gasteiger partial charge in [0.25, 0.3) is 6.43 Å². The summed E-state index contributed by atoms with van der Waals surface area (Å²) in [6.45, 7) is -1.01. The molecular weight excluding hydrogens is 507 g/mol. The van der Waals surface area contributed by atoms with Crippen LogP contribution in [-0.4, -0.2) is 30.3 Å². The quantitative estimate of drug-likeness (QED) is 0.299. The van der Waals surface area contributed by atoms with Gasteiger partial charge in [0, 0.05) is 29.0 Å². The maximum Gasteiger partial charge on any atom is 0.323 e. The summed E-state index contributed by atoms with van der Waals surface area (Å²) >= 11 is 0. The van der Waals surface area contributed by atoms with E-state index in [1.165, 1.54) is 6.07 Å². The number of aliphatic hydroxyl groups is 1. The molecule has 0 spiro atoms. The van der Waals surface area contributed by atoms with Gasteiger partial charge in [-0.15, -0.1) is 5.10 Å². The van der Waals surface area contributed by atoms with E-state index in [1.54, 1.807) is 0 Å². The monoisotopic (exact) mass is 521 g/mol. The molecule has 2 aromatic carbocycles. The van der Waals surface area contributed by atoms with Gasteiger partial charge >= 0.3 is 5.92 Å². The fraction of sp³-hybridized carbons (Fsp3) is 0.167. The van der Waals surface area contributed by atoms with Crippen LogP contribution in [0.2, 0.25) is 0 Å². The first-order valence-electron chi connectivity index (χ1n) is 10.3. The maximum absolute atomic E-state index is 15.7. The molecule has 6 nitrogen and oxygen atoms in total. The molecule has 190 valence electrons. The van der Waals surface area contributed by atoms with Crippen LogP contribution >= 0.6 is 0 Å². The lowest BCUT2D eigenvalue weighted by Gasteiger charge is -2.35. The highest BCUT2D eigenvalue weighted by Gasteiger charge is 2.57. The van der Waals surface area contributed by atoms with Crippen molar-refractivity contribution in [3.8, 4) is 11.8 Å². The molecule has 4 rings (SSSR count). The Morgan fingerprint density at radius 2 is 1.65 bits per heavy atom. The summed E-state index contributed by atoms with van der Waals surface area (Å²) in [4.78, 5) is 3.64. The SMILES string of the molecule is OC(Cn1cnnn1)(c1ccc(F)cc1F)C(F)(F)c1ccc(C#Cc2ccc(C(F)F)c(F)c2)cn1. The van der Waals surface area contributed by atoms with E-state index in [9.17, 15) is 27.1 Å². The van der Waals surface area contributed by atoms with E-state index in [0.717, 1.165) is 41.5 Å². The summed E-state index contributed by atoms with van der Waals surface area (Å²) < 4.78 is 99.2. The Bertz CT molecular complexity index is 1470. The molecule has 2 aromatic heterocycles. The molecule has 0 aliphatic carbocycles. The average molecular weight is 521 g/mol. The van der Waals surface area contributed by atoms with Gasteiger partial charge in [0.1, 0.15) is 29.5 Å².